The molecule has 1 aliphatic heterocycles. The Labute approximate surface area is 183 Å². The molecule has 31 heavy (non-hydrogen) atoms. The fourth-order valence-electron chi connectivity index (χ4n) is 5.22. The normalized spacial score (nSPS) is 20.4. The molecule has 1 fully saturated rings. The lowest BCUT2D eigenvalue weighted by Crippen LogP contribution is -2.52. The zero-order valence-electron chi connectivity index (χ0n) is 18.8. The highest BCUT2D eigenvalue weighted by molar-refractivity contribution is 6.26. The van der Waals surface area contributed by atoms with Crippen molar-refractivity contribution < 1.29 is 18.3 Å². The quantitative estimate of drug-likeness (QED) is 0.528. The first-order chi connectivity index (χ1) is 14.7. The van der Waals surface area contributed by atoms with Gasteiger partial charge >= 0.3 is 0 Å². The molecule has 0 atom stereocenters. The van der Waals surface area contributed by atoms with Crippen LogP contribution in [-0.2, 0) is 16.0 Å². The first-order valence-corrected chi connectivity index (χ1v) is 11.2. The van der Waals surface area contributed by atoms with Crippen molar-refractivity contribution in [2.75, 3.05) is 0 Å². The summed E-state index contributed by atoms with van der Waals surface area (Å²) in [5.41, 5.74) is 3.92. The van der Waals surface area contributed by atoms with Crippen molar-refractivity contribution in [2.45, 2.75) is 77.4 Å². The van der Waals surface area contributed by atoms with Crippen molar-refractivity contribution in [3.63, 3.8) is 0 Å². The van der Waals surface area contributed by atoms with E-state index in [1.54, 1.807) is 6.07 Å². The van der Waals surface area contributed by atoms with Gasteiger partial charge in [-0.15, -0.1) is 0 Å². The zero-order chi connectivity index (χ0) is 22.4. The molecule has 1 aliphatic carbocycles. The van der Waals surface area contributed by atoms with E-state index in [0.717, 1.165) is 66.0 Å². The maximum atomic E-state index is 13.8. The van der Waals surface area contributed by atoms with Crippen LogP contribution in [0.15, 0.2) is 42.0 Å². The first kappa shape index (κ1) is 21.9. The summed E-state index contributed by atoms with van der Waals surface area (Å²) in [6.45, 7) is 7.85. The number of benzene rings is 2. The lowest BCUT2D eigenvalue weighted by atomic mass is 9.71. The number of halogens is 2. The van der Waals surface area contributed by atoms with E-state index in [4.69, 9.17) is 4.74 Å². The fourth-order valence-corrected chi connectivity index (χ4v) is 5.22. The molecule has 164 valence electrons. The zero-order valence-corrected chi connectivity index (χ0v) is 18.8. The van der Waals surface area contributed by atoms with Crippen LogP contribution in [0.5, 0.6) is 0 Å². The van der Waals surface area contributed by atoms with E-state index < -0.39 is 17.2 Å². The van der Waals surface area contributed by atoms with Crippen molar-refractivity contribution in [1.29, 1.82) is 0 Å². The first-order valence-electron chi connectivity index (χ1n) is 11.2. The fraction of sp³-hybridized carbons (Fsp3) is 0.444. The van der Waals surface area contributed by atoms with E-state index in [1.165, 1.54) is 12.5 Å². The molecule has 0 amide bonds. The topological polar surface area (TPSA) is 26.3 Å². The Bertz CT molecular complexity index is 1060. The number of carbonyl (C=O) groups is 1. The van der Waals surface area contributed by atoms with Crippen LogP contribution in [0, 0.1) is 11.6 Å². The van der Waals surface area contributed by atoms with Crippen molar-refractivity contribution in [3.8, 4) is 11.1 Å². The third kappa shape index (κ3) is 3.76. The molecule has 4 rings (SSSR count). The molecule has 0 bridgehead atoms. The molecule has 0 aromatic heterocycles. The number of Topliss-reactive ketones (excluding diaryl/α,β-unsaturated/α-hetero) is 1. The van der Waals surface area contributed by atoms with E-state index in [2.05, 4.69) is 13.8 Å². The molecule has 2 aliphatic rings. The van der Waals surface area contributed by atoms with Crippen LogP contribution in [0.25, 0.3) is 16.7 Å². The van der Waals surface area contributed by atoms with E-state index in [1.807, 2.05) is 32.0 Å². The summed E-state index contributed by atoms with van der Waals surface area (Å²) in [4.78, 5) is 13.5. The van der Waals surface area contributed by atoms with Crippen LogP contribution in [-0.4, -0.2) is 17.0 Å². The van der Waals surface area contributed by atoms with Crippen molar-refractivity contribution in [3.05, 3.63) is 64.7 Å². The third-order valence-electron chi connectivity index (χ3n) is 6.95. The SMILES string of the molecule is CCc1cc(-c2ccc(F)c(F)c2)ccc1C1=C(C)C2(CCCCC2)OC(C)(C)C1=O. The smallest absolute Gasteiger partial charge is 0.194 e. The Morgan fingerprint density at radius 1 is 0.935 bits per heavy atom. The van der Waals surface area contributed by atoms with Crippen LogP contribution < -0.4 is 0 Å². The van der Waals surface area contributed by atoms with Gasteiger partial charge in [-0.3, -0.25) is 4.79 Å². The van der Waals surface area contributed by atoms with Gasteiger partial charge in [0.15, 0.2) is 17.4 Å². The summed E-state index contributed by atoms with van der Waals surface area (Å²) in [5.74, 6) is -1.71. The predicted octanol–water partition coefficient (Wildman–Crippen LogP) is 7.05. The number of rotatable bonds is 3. The van der Waals surface area contributed by atoms with Crippen LogP contribution in [0.4, 0.5) is 8.78 Å². The molecule has 4 heteroatoms. The second-order valence-electron chi connectivity index (χ2n) is 9.35. The molecule has 1 heterocycles. The maximum Gasteiger partial charge on any atom is 0.194 e. The monoisotopic (exact) mass is 424 g/mol. The average molecular weight is 425 g/mol. The van der Waals surface area contributed by atoms with E-state index in [0.29, 0.717) is 5.56 Å². The van der Waals surface area contributed by atoms with Gasteiger partial charge in [-0.2, -0.15) is 0 Å². The molecule has 0 radical (unpaired) electrons. The summed E-state index contributed by atoms with van der Waals surface area (Å²) in [7, 11) is 0. The molecule has 2 aromatic rings. The van der Waals surface area contributed by atoms with Crippen LogP contribution in [0.3, 0.4) is 0 Å². The number of ketones is 1. The van der Waals surface area contributed by atoms with E-state index in [-0.39, 0.29) is 11.4 Å². The van der Waals surface area contributed by atoms with Gasteiger partial charge in [-0.05, 0) is 80.0 Å². The Balaban J connectivity index is 1.86. The van der Waals surface area contributed by atoms with Crippen molar-refractivity contribution in [1.82, 2.24) is 0 Å². The molecular weight excluding hydrogens is 394 g/mol. The van der Waals surface area contributed by atoms with Crippen molar-refractivity contribution >= 4 is 11.4 Å². The van der Waals surface area contributed by atoms with Gasteiger partial charge in [0.1, 0.15) is 5.60 Å². The van der Waals surface area contributed by atoms with Gasteiger partial charge < -0.3 is 4.74 Å². The van der Waals surface area contributed by atoms with Crippen molar-refractivity contribution in [2.24, 2.45) is 0 Å². The molecule has 1 spiro atoms. The molecule has 0 unspecified atom stereocenters. The molecule has 1 saturated carbocycles. The Hall–Kier alpha value is -2.33. The van der Waals surface area contributed by atoms with Gasteiger partial charge in [0.25, 0.3) is 0 Å². The van der Waals surface area contributed by atoms with Gasteiger partial charge in [0, 0.05) is 5.57 Å². The molecular formula is C27H30F2O2. The highest BCUT2D eigenvalue weighted by Crippen LogP contribution is 2.48. The number of ether oxygens (including phenoxy) is 1. The van der Waals surface area contributed by atoms with E-state index >= 15 is 0 Å². The van der Waals surface area contributed by atoms with Crippen LogP contribution in [0.1, 0.15) is 70.9 Å². The van der Waals surface area contributed by atoms with Gasteiger partial charge in [0.2, 0.25) is 0 Å². The van der Waals surface area contributed by atoms with Gasteiger partial charge in [-0.25, -0.2) is 8.78 Å². The lowest BCUT2D eigenvalue weighted by Gasteiger charge is -2.48. The minimum absolute atomic E-state index is 0.0106. The number of carbonyl (C=O) groups excluding carboxylic acids is 1. The average Bonchev–Trinajstić information content (AvgIpc) is 2.75. The minimum Gasteiger partial charge on any atom is -0.357 e. The Morgan fingerprint density at radius 3 is 2.23 bits per heavy atom. The summed E-state index contributed by atoms with van der Waals surface area (Å²) >= 11 is 0. The minimum atomic E-state index is -0.879. The number of hydrogen-bond donors (Lipinski definition) is 0. The second kappa shape index (κ2) is 7.98. The van der Waals surface area contributed by atoms with Gasteiger partial charge in [-0.1, -0.05) is 50.5 Å². The summed E-state index contributed by atoms with van der Waals surface area (Å²) in [6, 6.07) is 9.79. The molecule has 0 saturated heterocycles. The Morgan fingerprint density at radius 2 is 1.58 bits per heavy atom. The summed E-state index contributed by atoms with van der Waals surface area (Å²) in [5, 5.41) is 0. The molecule has 0 N–H and O–H groups in total. The predicted molar refractivity (Wildman–Crippen MR) is 120 cm³/mol. The maximum absolute atomic E-state index is 13.8. The van der Waals surface area contributed by atoms with Crippen LogP contribution in [0.2, 0.25) is 0 Å². The van der Waals surface area contributed by atoms with E-state index in [9.17, 15) is 13.6 Å². The third-order valence-corrected chi connectivity index (χ3v) is 6.95. The number of aryl methyl sites for hydroxylation is 1. The largest absolute Gasteiger partial charge is 0.357 e. The van der Waals surface area contributed by atoms with Gasteiger partial charge in [0.05, 0.1) is 5.60 Å². The highest BCUT2D eigenvalue weighted by atomic mass is 19.2. The second-order valence-corrected chi connectivity index (χ2v) is 9.35. The standard InChI is InChI=1S/C27H30F2O2/c1-5-18-15-19(20-10-12-22(28)23(29)16-20)9-11-21(18)24-17(2)27(13-7-6-8-14-27)31-26(3,4)25(24)30/h9-12,15-16H,5-8,13-14H2,1-4H3. The Kier molecular flexibility index (Phi) is 5.63. The molecule has 2 aromatic carbocycles. The molecule has 2 nitrogen and oxygen atoms in total. The lowest BCUT2D eigenvalue weighted by molar-refractivity contribution is -0.164. The summed E-state index contributed by atoms with van der Waals surface area (Å²) < 4.78 is 33.6. The summed E-state index contributed by atoms with van der Waals surface area (Å²) in [6.07, 6.45) is 6.01. The number of hydrogen-bond acceptors (Lipinski definition) is 2. The van der Waals surface area contributed by atoms with Crippen LogP contribution >= 0.6 is 0 Å². The highest BCUT2D eigenvalue weighted by Gasteiger charge is 2.49.